The largest absolute Gasteiger partial charge is 0.356 e. The van der Waals surface area contributed by atoms with Crippen LogP contribution < -0.4 is 5.32 Å². The van der Waals surface area contributed by atoms with E-state index in [1.54, 1.807) is 0 Å². The van der Waals surface area contributed by atoms with E-state index >= 15 is 0 Å². The van der Waals surface area contributed by atoms with E-state index in [2.05, 4.69) is 16.8 Å². The molecule has 0 fully saturated rings. The van der Waals surface area contributed by atoms with Crippen LogP contribution in [0.3, 0.4) is 0 Å². The molecule has 0 saturated heterocycles. The molecule has 4 heteroatoms. The summed E-state index contributed by atoms with van der Waals surface area (Å²) in [5, 5.41) is 4.84. The van der Waals surface area contributed by atoms with Crippen LogP contribution in [0.4, 0.5) is 0 Å². The highest BCUT2D eigenvalue weighted by molar-refractivity contribution is 6.31. The summed E-state index contributed by atoms with van der Waals surface area (Å²) in [6, 6.07) is 7.86. The van der Waals surface area contributed by atoms with Crippen molar-refractivity contribution in [3.8, 4) is 0 Å². The van der Waals surface area contributed by atoms with Crippen molar-refractivity contribution in [2.24, 2.45) is 0 Å². The SMILES string of the molecule is CCCCCCNC(=O)CCn1ccc2cc(Cl)ccc21. The molecule has 0 radical (unpaired) electrons. The summed E-state index contributed by atoms with van der Waals surface area (Å²) >= 11 is 5.98. The van der Waals surface area contributed by atoms with E-state index in [1.165, 1.54) is 19.3 Å². The number of aromatic nitrogens is 1. The van der Waals surface area contributed by atoms with Crippen LogP contribution in [0.1, 0.15) is 39.0 Å². The van der Waals surface area contributed by atoms with Gasteiger partial charge in [0.2, 0.25) is 5.91 Å². The van der Waals surface area contributed by atoms with E-state index in [9.17, 15) is 4.79 Å². The second kappa shape index (κ2) is 8.08. The Kier molecular flexibility index (Phi) is 6.12. The van der Waals surface area contributed by atoms with Crippen molar-refractivity contribution in [3.05, 3.63) is 35.5 Å². The molecule has 114 valence electrons. The number of unbranched alkanes of at least 4 members (excludes halogenated alkanes) is 3. The normalized spacial score (nSPS) is 11.0. The number of hydrogen-bond donors (Lipinski definition) is 1. The van der Waals surface area contributed by atoms with E-state index in [0.29, 0.717) is 13.0 Å². The molecular formula is C17H23ClN2O. The summed E-state index contributed by atoms with van der Waals surface area (Å²) in [7, 11) is 0. The summed E-state index contributed by atoms with van der Waals surface area (Å²) in [6.07, 6.45) is 7.26. The minimum atomic E-state index is 0.127. The Hall–Kier alpha value is -1.48. The van der Waals surface area contributed by atoms with Gasteiger partial charge in [-0.1, -0.05) is 37.8 Å². The number of benzene rings is 1. The summed E-state index contributed by atoms with van der Waals surface area (Å²) in [5.74, 6) is 0.127. The number of nitrogens with one attached hydrogen (secondary N) is 1. The number of carbonyl (C=O) groups excluding carboxylic acids is 1. The van der Waals surface area contributed by atoms with E-state index in [1.807, 2.05) is 30.5 Å². The van der Waals surface area contributed by atoms with Gasteiger partial charge in [0.05, 0.1) is 0 Å². The number of carbonyl (C=O) groups is 1. The van der Waals surface area contributed by atoms with Crippen LogP contribution in [0.5, 0.6) is 0 Å². The Balaban J connectivity index is 1.78. The lowest BCUT2D eigenvalue weighted by atomic mass is 10.2. The first-order chi connectivity index (χ1) is 10.2. The number of hydrogen-bond acceptors (Lipinski definition) is 1. The molecule has 1 N–H and O–H groups in total. The van der Waals surface area contributed by atoms with Gasteiger partial charge >= 0.3 is 0 Å². The lowest BCUT2D eigenvalue weighted by Gasteiger charge is -2.07. The molecule has 1 aromatic carbocycles. The van der Waals surface area contributed by atoms with Gasteiger partial charge in [0.1, 0.15) is 0 Å². The van der Waals surface area contributed by atoms with Gasteiger partial charge in [-0.25, -0.2) is 0 Å². The molecule has 2 aromatic rings. The first-order valence-corrected chi connectivity index (χ1v) is 8.09. The summed E-state index contributed by atoms with van der Waals surface area (Å²) in [6.45, 7) is 3.68. The third-order valence-corrected chi connectivity index (χ3v) is 3.90. The smallest absolute Gasteiger partial charge is 0.221 e. The van der Waals surface area contributed by atoms with Gasteiger partial charge in [-0.15, -0.1) is 0 Å². The average Bonchev–Trinajstić information content (AvgIpc) is 2.87. The second-order valence-corrected chi connectivity index (χ2v) is 5.81. The Morgan fingerprint density at radius 2 is 2.10 bits per heavy atom. The predicted molar refractivity (Wildman–Crippen MR) is 88.7 cm³/mol. The van der Waals surface area contributed by atoms with Crippen LogP contribution in [0.15, 0.2) is 30.5 Å². The highest BCUT2D eigenvalue weighted by Crippen LogP contribution is 2.20. The molecule has 0 unspecified atom stereocenters. The summed E-state index contributed by atoms with van der Waals surface area (Å²) < 4.78 is 2.10. The molecule has 0 spiro atoms. The molecule has 0 saturated carbocycles. The first kappa shape index (κ1) is 15.9. The van der Waals surface area contributed by atoms with Crippen molar-refractivity contribution in [2.75, 3.05) is 6.54 Å². The molecule has 1 aromatic heterocycles. The van der Waals surface area contributed by atoms with Crippen molar-refractivity contribution in [1.29, 1.82) is 0 Å². The van der Waals surface area contributed by atoms with Crippen LogP contribution in [-0.2, 0) is 11.3 Å². The standard InChI is InChI=1S/C17H23ClN2O/c1-2-3-4-5-10-19-17(21)9-12-20-11-8-14-13-15(18)6-7-16(14)20/h6-8,11,13H,2-5,9-10,12H2,1H3,(H,19,21). The van der Waals surface area contributed by atoms with E-state index in [-0.39, 0.29) is 5.91 Å². The molecule has 1 heterocycles. The van der Waals surface area contributed by atoms with Crippen LogP contribution in [0.25, 0.3) is 10.9 Å². The highest BCUT2D eigenvalue weighted by Gasteiger charge is 2.05. The molecule has 21 heavy (non-hydrogen) atoms. The number of halogens is 1. The van der Waals surface area contributed by atoms with E-state index in [0.717, 1.165) is 28.9 Å². The Morgan fingerprint density at radius 3 is 2.90 bits per heavy atom. The van der Waals surface area contributed by atoms with Gasteiger partial charge in [-0.3, -0.25) is 4.79 Å². The number of amides is 1. The van der Waals surface area contributed by atoms with Crippen molar-refractivity contribution < 1.29 is 4.79 Å². The van der Waals surface area contributed by atoms with Gasteiger partial charge in [0.15, 0.2) is 0 Å². The average molecular weight is 307 g/mol. The van der Waals surface area contributed by atoms with Gasteiger partial charge in [0, 0.05) is 41.6 Å². The number of rotatable bonds is 8. The molecule has 3 nitrogen and oxygen atoms in total. The lowest BCUT2D eigenvalue weighted by Crippen LogP contribution is -2.25. The van der Waals surface area contributed by atoms with Gasteiger partial charge in [-0.2, -0.15) is 0 Å². The van der Waals surface area contributed by atoms with E-state index in [4.69, 9.17) is 11.6 Å². The maximum Gasteiger partial charge on any atom is 0.221 e. The molecule has 0 bridgehead atoms. The van der Waals surface area contributed by atoms with Crippen LogP contribution >= 0.6 is 11.6 Å². The number of fused-ring (bicyclic) bond motifs is 1. The maximum absolute atomic E-state index is 11.8. The zero-order valence-corrected chi connectivity index (χ0v) is 13.3. The number of nitrogens with zero attached hydrogens (tertiary/aromatic N) is 1. The van der Waals surface area contributed by atoms with E-state index < -0.39 is 0 Å². The van der Waals surface area contributed by atoms with Gasteiger partial charge < -0.3 is 9.88 Å². The second-order valence-electron chi connectivity index (χ2n) is 5.37. The fraction of sp³-hybridized carbons (Fsp3) is 0.471. The minimum Gasteiger partial charge on any atom is -0.356 e. The highest BCUT2D eigenvalue weighted by atomic mass is 35.5. The molecule has 0 aliphatic heterocycles. The van der Waals surface area contributed by atoms with Crippen LogP contribution in [0.2, 0.25) is 5.02 Å². The van der Waals surface area contributed by atoms with Crippen molar-refractivity contribution in [2.45, 2.75) is 45.6 Å². The van der Waals surface area contributed by atoms with Crippen molar-refractivity contribution in [1.82, 2.24) is 9.88 Å². The summed E-state index contributed by atoms with van der Waals surface area (Å²) in [5.41, 5.74) is 1.12. The van der Waals surface area contributed by atoms with Crippen LogP contribution in [-0.4, -0.2) is 17.0 Å². The zero-order valence-electron chi connectivity index (χ0n) is 12.6. The first-order valence-electron chi connectivity index (χ1n) is 7.72. The van der Waals surface area contributed by atoms with Crippen molar-refractivity contribution >= 4 is 28.4 Å². The Labute approximate surface area is 131 Å². The monoisotopic (exact) mass is 306 g/mol. The van der Waals surface area contributed by atoms with Crippen LogP contribution in [0, 0.1) is 0 Å². The fourth-order valence-electron chi connectivity index (χ4n) is 2.46. The minimum absolute atomic E-state index is 0.127. The molecule has 1 amide bonds. The van der Waals surface area contributed by atoms with Gasteiger partial charge in [0.25, 0.3) is 0 Å². The zero-order chi connectivity index (χ0) is 15.1. The Morgan fingerprint density at radius 1 is 1.24 bits per heavy atom. The maximum atomic E-state index is 11.8. The molecule has 0 aliphatic carbocycles. The Bertz CT molecular complexity index is 591. The molecule has 0 atom stereocenters. The third-order valence-electron chi connectivity index (χ3n) is 3.67. The summed E-state index contributed by atoms with van der Waals surface area (Å²) in [4.78, 5) is 11.8. The fourth-order valence-corrected chi connectivity index (χ4v) is 2.64. The van der Waals surface area contributed by atoms with Gasteiger partial charge in [-0.05, 0) is 30.7 Å². The number of aryl methyl sites for hydroxylation is 1. The molecule has 0 aliphatic rings. The quantitative estimate of drug-likeness (QED) is 0.721. The lowest BCUT2D eigenvalue weighted by molar-refractivity contribution is -0.121. The molecule has 2 rings (SSSR count). The van der Waals surface area contributed by atoms with Crippen molar-refractivity contribution in [3.63, 3.8) is 0 Å². The third kappa shape index (κ3) is 4.78. The predicted octanol–water partition coefficient (Wildman–Crippen LogP) is 4.38. The topological polar surface area (TPSA) is 34.0 Å². The molecular weight excluding hydrogens is 284 g/mol.